The standard InChI is InChI=1S/C12H13ClN4/c1-2-11-16-10(14)7-12(17-11)15-9-6-4-3-5-8(9)13/h3-7H,2H2,1H3,(H3,14,15,16,17). The Morgan fingerprint density at radius 1 is 1.29 bits per heavy atom. The number of nitrogens with one attached hydrogen (secondary N) is 1. The van der Waals surface area contributed by atoms with Crippen LogP contribution in [0.4, 0.5) is 17.3 Å². The van der Waals surface area contributed by atoms with Crippen LogP contribution in [0, 0.1) is 0 Å². The lowest BCUT2D eigenvalue weighted by Crippen LogP contribution is -2.02. The van der Waals surface area contributed by atoms with Crippen LogP contribution >= 0.6 is 11.6 Å². The summed E-state index contributed by atoms with van der Waals surface area (Å²) in [6.07, 6.45) is 0.738. The first-order chi connectivity index (χ1) is 8.19. The lowest BCUT2D eigenvalue weighted by molar-refractivity contribution is 0.948. The van der Waals surface area contributed by atoms with E-state index in [0.717, 1.165) is 12.1 Å². The number of nitrogens with zero attached hydrogens (tertiary/aromatic N) is 2. The average Bonchev–Trinajstić information content (AvgIpc) is 2.31. The summed E-state index contributed by atoms with van der Waals surface area (Å²) in [6, 6.07) is 9.16. The van der Waals surface area contributed by atoms with E-state index in [1.165, 1.54) is 0 Å². The number of hydrogen-bond donors (Lipinski definition) is 2. The van der Waals surface area contributed by atoms with E-state index >= 15 is 0 Å². The average molecular weight is 249 g/mol. The van der Waals surface area contributed by atoms with Crippen molar-refractivity contribution in [2.75, 3.05) is 11.1 Å². The SMILES string of the molecule is CCc1nc(N)cc(Nc2ccccc2Cl)n1. The topological polar surface area (TPSA) is 63.8 Å². The highest BCUT2D eigenvalue weighted by atomic mass is 35.5. The van der Waals surface area contributed by atoms with Crippen molar-refractivity contribution in [3.63, 3.8) is 0 Å². The summed E-state index contributed by atoms with van der Waals surface area (Å²) in [4.78, 5) is 8.44. The number of para-hydroxylation sites is 1. The van der Waals surface area contributed by atoms with E-state index in [0.29, 0.717) is 22.5 Å². The van der Waals surface area contributed by atoms with Gasteiger partial charge >= 0.3 is 0 Å². The van der Waals surface area contributed by atoms with E-state index < -0.39 is 0 Å². The van der Waals surface area contributed by atoms with Crippen molar-refractivity contribution in [3.05, 3.63) is 41.2 Å². The van der Waals surface area contributed by atoms with Crippen molar-refractivity contribution in [3.8, 4) is 0 Å². The molecule has 1 aromatic heterocycles. The molecule has 3 N–H and O–H groups in total. The van der Waals surface area contributed by atoms with E-state index in [1.54, 1.807) is 6.07 Å². The molecule has 0 fully saturated rings. The van der Waals surface area contributed by atoms with E-state index in [-0.39, 0.29) is 0 Å². The highest BCUT2D eigenvalue weighted by molar-refractivity contribution is 6.33. The van der Waals surface area contributed by atoms with Gasteiger partial charge in [0.2, 0.25) is 0 Å². The molecule has 0 bridgehead atoms. The van der Waals surface area contributed by atoms with Crippen molar-refractivity contribution in [1.82, 2.24) is 9.97 Å². The first-order valence-corrected chi connectivity index (χ1v) is 5.72. The fourth-order valence-electron chi connectivity index (χ4n) is 1.44. The quantitative estimate of drug-likeness (QED) is 0.876. The lowest BCUT2D eigenvalue weighted by atomic mass is 10.3. The Labute approximate surface area is 105 Å². The number of halogens is 1. The Bertz CT molecular complexity index is 528. The zero-order valence-electron chi connectivity index (χ0n) is 9.44. The van der Waals surface area contributed by atoms with Gasteiger partial charge < -0.3 is 11.1 Å². The fourth-order valence-corrected chi connectivity index (χ4v) is 1.62. The molecule has 0 aliphatic heterocycles. The molecule has 0 aliphatic rings. The molecule has 88 valence electrons. The van der Waals surface area contributed by atoms with E-state index in [2.05, 4.69) is 15.3 Å². The number of benzene rings is 1. The summed E-state index contributed by atoms with van der Waals surface area (Å²) in [7, 11) is 0. The van der Waals surface area contributed by atoms with Gasteiger partial charge in [-0.25, -0.2) is 9.97 Å². The smallest absolute Gasteiger partial charge is 0.136 e. The number of aromatic nitrogens is 2. The van der Waals surface area contributed by atoms with Crippen molar-refractivity contribution in [1.29, 1.82) is 0 Å². The monoisotopic (exact) mass is 248 g/mol. The lowest BCUT2D eigenvalue weighted by Gasteiger charge is -2.08. The minimum Gasteiger partial charge on any atom is -0.384 e. The van der Waals surface area contributed by atoms with Crippen LogP contribution in [0.3, 0.4) is 0 Å². The van der Waals surface area contributed by atoms with Gasteiger partial charge in [0.25, 0.3) is 0 Å². The highest BCUT2D eigenvalue weighted by Gasteiger charge is 2.03. The zero-order valence-corrected chi connectivity index (χ0v) is 10.2. The van der Waals surface area contributed by atoms with Gasteiger partial charge in [-0.2, -0.15) is 0 Å². The molecule has 0 unspecified atom stereocenters. The Hall–Kier alpha value is -1.81. The molecule has 0 atom stereocenters. The number of aryl methyl sites for hydroxylation is 1. The molecule has 2 aromatic rings. The molecule has 0 saturated heterocycles. The molecule has 2 rings (SSSR count). The third-order valence-electron chi connectivity index (χ3n) is 2.25. The Morgan fingerprint density at radius 2 is 2.06 bits per heavy atom. The maximum absolute atomic E-state index is 6.05. The maximum Gasteiger partial charge on any atom is 0.136 e. The number of nitrogens with two attached hydrogens (primary N) is 1. The second-order valence-corrected chi connectivity index (χ2v) is 3.96. The third-order valence-corrected chi connectivity index (χ3v) is 2.57. The molecule has 0 aliphatic carbocycles. The normalized spacial score (nSPS) is 10.2. The Balaban J connectivity index is 2.30. The third kappa shape index (κ3) is 2.85. The van der Waals surface area contributed by atoms with Gasteiger partial charge in [0, 0.05) is 12.5 Å². The molecule has 4 nitrogen and oxygen atoms in total. The summed E-state index contributed by atoms with van der Waals surface area (Å²) >= 11 is 6.05. The number of anilines is 3. The molecular weight excluding hydrogens is 236 g/mol. The Kier molecular flexibility index (Phi) is 3.44. The van der Waals surface area contributed by atoms with Crippen LogP contribution in [0.25, 0.3) is 0 Å². The summed E-state index contributed by atoms with van der Waals surface area (Å²) in [5.41, 5.74) is 6.50. The van der Waals surface area contributed by atoms with Gasteiger partial charge in [0.15, 0.2) is 0 Å². The molecule has 1 aromatic carbocycles. The highest BCUT2D eigenvalue weighted by Crippen LogP contribution is 2.24. The van der Waals surface area contributed by atoms with Crippen LogP contribution in [0.1, 0.15) is 12.7 Å². The molecule has 0 radical (unpaired) electrons. The molecular formula is C12H13ClN4. The first-order valence-electron chi connectivity index (χ1n) is 5.34. The van der Waals surface area contributed by atoms with Crippen molar-refractivity contribution >= 4 is 28.9 Å². The van der Waals surface area contributed by atoms with E-state index in [9.17, 15) is 0 Å². The molecule has 17 heavy (non-hydrogen) atoms. The van der Waals surface area contributed by atoms with Gasteiger partial charge in [-0.15, -0.1) is 0 Å². The zero-order chi connectivity index (χ0) is 12.3. The Morgan fingerprint density at radius 3 is 2.76 bits per heavy atom. The predicted octanol–water partition coefficient (Wildman–Crippen LogP) is 3.02. The molecule has 1 heterocycles. The van der Waals surface area contributed by atoms with Crippen LogP contribution in [-0.4, -0.2) is 9.97 Å². The van der Waals surface area contributed by atoms with E-state index in [1.807, 2.05) is 31.2 Å². The van der Waals surface area contributed by atoms with Gasteiger partial charge in [0.05, 0.1) is 10.7 Å². The van der Waals surface area contributed by atoms with Crippen LogP contribution in [0.2, 0.25) is 5.02 Å². The van der Waals surface area contributed by atoms with Gasteiger partial charge in [-0.05, 0) is 12.1 Å². The molecule has 0 spiro atoms. The minimum absolute atomic E-state index is 0.450. The van der Waals surface area contributed by atoms with Gasteiger partial charge in [0.1, 0.15) is 17.5 Å². The predicted molar refractivity (Wildman–Crippen MR) is 70.6 cm³/mol. The number of rotatable bonds is 3. The summed E-state index contributed by atoms with van der Waals surface area (Å²) in [6.45, 7) is 1.98. The van der Waals surface area contributed by atoms with Crippen LogP contribution in [-0.2, 0) is 6.42 Å². The van der Waals surface area contributed by atoms with Crippen molar-refractivity contribution in [2.24, 2.45) is 0 Å². The number of nitrogen functional groups attached to an aromatic ring is 1. The summed E-state index contributed by atoms with van der Waals surface area (Å²) < 4.78 is 0. The second kappa shape index (κ2) is 5.01. The van der Waals surface area contributed by atoms with Crippen LogP contribution in [0.5, 0.6) is 0 Å². The van der Waals surface area contributed by atoms with Gasteiger partial charge in [-0.3, -0.25) is 0 Å². The summed E-state index contributed by atoms with van der Waals surface area (Å²) in [5, 5.41) is 3.77. The molecule has 0 saturated carbocycles. The van der Waals surface area contributed by atoms with Crippen LogP contribution in [0.15, 0.2) is 30.3 Å². The van der Waals surface area contributed by atoms with Crippen LogP contribution < -0.4 is 11.1 Å². The number of hydrogen-bond acceptors (Lipinski definition) is 4. The maximum atomic E-state index is 6.05. The molecule has 5 heteroatoms. The first kappa shape index (κ1) is 11.7. The molecule has 0 amide bonds. The fraction of sp³-hybridized carbons (Fsp3) is 0.167. The van der Waals surface area contributed by atoms with Crippen molar-refractivity contribution < 1.29 is 0 Å². The second-order valence-electron chi connectivity index (χ2n) is 3.55. The largest absolute Gasteiger partial charge is 0.384 e. The van der Waals surface area contributed by atoms with E-state index in [4.69, 9.17) is 17.3 Å². The minimum atomic E-state index is 0.450. The summed E-state index contributed by atoms with van der Waals surface area (Å²) in [5.74, 6) is 1.81. The van der Waals surface area contributed by atoms with Crippen molar-refractivity contribution in [2.45, 2.75) is 13.3 Å². The van der Waals surface area contributed by atoms with Gasteiger partial charge in [-0.1, -0.05) is 30.7 Å².